The van der Waals surface area contributed by atoms with Gasteiger partial charge in [-0.25, -0.2) is 0 Å². The fraction of sp³-hybridized carbons (Fsp3) is 0.700. The lowest BCUT2D eigenvalue weighted by atomic mass is 10.3. The summed E-state index contributed by atoms with van der Waals surface area (Å²) in [6.45, 7) is 1.99. The van der Waals surface area contributed by atoms with Crippen molar-refractivity contribution < 1.29 is 22.6 Å². The van der Waals surface area contributed by atoms with Crippen LogP contribution >= 0.6 is 0 Å². The lowest BCUT2D eigenvalue weighted by Crippen LogP contribution is -2.11. The number of ether oxygens (including phenoxy) is 2. The standard InChI is InChI=1S/C10H15F3N4O2/c1-3-18-8-15-7(14-2)16-9(17-8)19-6-4-5-10(11,12)13/h3-6H2,1-2H3,(H,14,15,16,17). The Labute approximate surface area is 108 Å². The highest BCUT2D eigenvalue weighted by Gasteiger charge is 2.26. The molecular formula is C10H15F3N4O2. The Bertz CT molecular complexity index is 401. The van der Waals surface area contributed by atoms with E-state index in [-0.39, 0.29) is 31.0 Å². The van der Waals surface area contributed by atoms with Crippen LogP contribution in [-0.2, 0) is 0 Å². The van der Waals surface area contributed by atoms with Crippen molar-refractivity contribution in [1.29, 1.82) is 0 Å². The molecule has 0 saturated carbocycles. The molecule has 19 heavy (non-hydrogen) atoms. The van der Waals surface area contributed by atoms with E-state index >= 15 is 0 Å². The largest absolute Gasteiger partial charge is 0.464 e. The molecule has 0 saturated heterocycles. The molecule has 9 heteroatoms. The molecule has 0 aliphatic rings. The van der Waals surface area contributed by atoms with Crippen molar-refractivity contribution in [2.24, 2.45) is 0 Å². The monoisotopic (exact) mass is 280 g/mol. The van der Waals surface area contributed by atoms with Crippen LogP contribution in [0.2, 0.25) is 0 Å². The van der Waals surface area contributed by atoms with Crippen LogP contribution in [0.15, 0.2) is 0 Å². The van der Waals surface area contributed by atoms with Gasteiger partial charge in [0.1, 0.15) is 0 Å². The topological polar surface area (TPSA) is 69.2 Å². The second kappa shape index (κ2) is 6.95. The SMILES string of the molecule is CCOc1nc(NC)nc(OCCCC(F)(F)F)n1. The van der Waals surface area contributed by atoms with E-state index in [1.165, 1.54) is 0 Å². The zero-order valence-corrected chi connectivity index (χ0v) is 10.6. The summed E-state index contributed by atoms with van der Waals surface area (Å²) in [5.41, 5.74) is 0. The van der Waals surface area contributed by atoms with E-state index < -0.39 is 12.6 Å². The van der Waals surface area contributed by atoms with Gasteiger partial charge in [0, 0.05) is 13.5 Å². The Balaban J connectivity index is 2.54. The number of alkyl halides is 3. The molecule has 0 amide bonds. The quantitative estimate of drug-likeness (QED) is 0.771. The Morgan fingerprint density at radius 1 is 1.11 bits per heavy atom. The molecule has 1 rings (SSSR count). The molecule has 0 unspecified atom stereocenters. The van der Waals surface area contributed by atoms with Crippen LogP contribution in [0.1, 0.15) is 19.8 Å². The van der Waals surface area contributed by atoms with Gasteiger partial charge in [-0.3, -0.25) is 0 Å². The predicted octanol–water partition coefficient (Wildman–Crippen LogP) is 2.03. The van der Waals surface area contributed by atoms with Gasteiger partial charge in [0.15, 0.2) is 0 Å². The van der Waals surface area contributed by atoms with Crippen LogP contribution in [0.25, 0.3) is 0 Å². The van der Waals surface area contributed by atoms with Crippen LogP contribution in [-0.4, -0.2) is 41.4 Å². The Morgan fingerprint density at radius 3 is 2.26 bits per heavy atom. The summed E-state index contributed by atoms with van der Waals surface area (Å²) in [5, 5.41) is 2.68. The normalized spacial score (nSPS) is 11.2. The Morgan fingerprint density at radius 2 is 1.74 bits per heavy atom. The second-order valence-electron chi connectivity index (χ2n) is 3.47. The van der Waals surface area contributed by atoms with Gasteiger partial charge in [0.25, 0.3) is 0 Å². The summed E-state index contributed by atoms with van der Waals surface area (Å²) in [7, 11) is 1.60. The van der Waals surface area contributed by atoms with Gasteiger partial charge in [0.05, 0.1) is 13.2 Å². The van der Waals surface area contributed by atoms with Gasteiger partial charge in [-0.1, -0.05) is 0 Å². The predicted molar refractivity (Wildman–Crippen MR) is 61.3 cm³/mol. The maximum absolute atomic E-state index is 11.9. The van der Waals surface area contributed by atoms with Gasteiger partial charge >= 0.3 is 18.2 Å². The van der Waals surface area contributed by atoms with Gasteiger partial charge in [-0.05, 0) is 13.3 Å². The van der Waals surface area contributed by atoms with Crippen molar-refractivity contribution in [2.75, 3.05) is 25.6 Å². The fourth-order valence-corrected chi connectivity index (χ4v) is 1.14. The molecule has 0 aliphatic carbocycles. The first-order valence-electron chi connectivity index (χ1n) is 5.70. The minimum Gasteiger partial charge on any atom is -0.464 e. The molecule has 108 valence electrons. The van der Waals surface area contributed by atoms with Crippen molar-refractivity contribution in [3.8, 4) is 12.0 Å². The number of nitrogens with zero attached hydrogens (tertiary/aromatic N) is 3. The van der Waals surface area contributed by atoms with E-state index in [4.69, 9.17) is 9.47 Å². The lowest BCUT2D eigenvalue weighted by molar-refractivity contribution is -0.136. The smallest absolute Gasteiger partial charge is 0.389 e. The Hall–Kier alpha value is -1.80. The molecule has 0 fully saturated rings. The minimum atomic E-state index is -4.19. The Kier molecular flexibility index (Phi) is 5.58. The molecule has 0 spiro atoms. The van der Waals surface area contributed by atoms with E-state index in [1.54, 1.807) is 14.0 Å². The highest BCUT2D eigenvalue weighted by atomic mass is 19.4. The number of rotatable bonds is 7. The first-order chi connectivity index (χ1) is 8.94. The summed E-state index contributed by atoms with van der Waals surface area (Å²) >= 11 is 0. The molecule has 1 N–H and O–H groups in total. The number of hydrogen-bond donors (Lipinski definition) is 1. The van der Waals surface area contributed by atoms with Crippen molar-refractivity contribution in [3.05, 3.63) is 0 Å². The summed E-state index contributed by atoms with van der Waals surface area (Å²) in [4.78, 5) is 11.6. The van der Waals surface area contributed by atoms with Gasteiger partial charge < -0.3 is 14.8 Å². The summed E-state index contributed by atoms with van der Waals surface area (Å²) in [6.07, 6.45) is -5.25. The minimum absolute atomic E-state index is 0.0627. The van der Waals surface area contributed by atoms with Crippen molar-refractivity contribution >= 4 is 5.95 Å². The third kappa shape index (κ3) is 6.07. The molecule has 1 aromatic heterocycles. The van der Waals surface area contributed by atoms with Gasteiger partial charge in [0.2, 0.25) is 5.95 Å². The van der Waals surface area contributed by atoms with E-state index in [0.29, 0.717) is 6.61 Å². The fourth-order valence-electron chi connectivity index (χ4n) is 1.14. The van der Waals surface area contributed by atoms with Crippen molar-refractivity contribution in [3.63, 3.8) is 0 Å². The maximum atomic E-state index is 11.9. The third-order valence-corrected chi connectivity index (χ3v) is 1.93. The number of halogens is 3. The van der Waals surface area contributed by atoms with Gasteiger partial charge in [-0.15, -0.1) is 4.98 Å². The number of anilines is 1. The maximum Gasteiger partial charge on any atom is 0.389 e. The van der Waals surface area contributed by atoms with Crippen LogP contribution < -0.4 is 14.8 Å². The van der Waals surface area contributed by atoms with Crippen molar-refractivity contribution in [1.82, 2.24) is 15.0 Å². The first-order valence-corrected chi connectivity index (χ1v) is 5.70. The third-order valence-electron chi connectivity index (χ3n) is 1.93. The molecule has 6 nitrogen and oxygen atoms in total. The van der Waals surface area contributed by atoms with Crippen molar-refractivity contribution in [2.45, 2.75) is 25.9 Å². The van der Waals surface area contributed by atoms with E-state index in [9.17, 15) is 13.2 Å². The molecular weight excluding hydrogens is 265 g/mol. The summed E-state index contributed by atoms with van der Waals surface area (Å²) < 4.78 is 45.9. The van der Waals surface area contributed by atoms with Crippen LogP contribution in [0.5, 0.6) is 12.0 Å². The van der Waals surface area contributed by atoms with E-state index in [2.05, 4.69) is 20.3 Å². The highest BCUT2D eigenvalue weighted by Crippen LogP contribution is 2.21. The molecule has 0 atom stereocenters. The summed E-state index contributed by atoms with van der Waals surface area (Å²) in [5.74, 6) is 0.226. The molecule has 0 bridgehead atoms. The molecule has 1 aromatic rings. The number of aromatic nitrogens is 3. The average molecular weight is 280 g/mol. The molecule has 1 heterocycles. The van der Waals surface area contributed by atoms with Gasteiger partial charge in [-0.2, -0.15) is 23.1 Å². The molecule has 0 aliphatic heterocycles. The van der Waals surface area contributed by atoms with Crippen LogP contribution in [0.4, 0.5) is 19.1 Å². The highest BCUT2D eigenvalue weighted by molar-refractivity contribution is 5.26. The zero-order chi connectivity index (χ0) is 14.3. The lowest BCUT2D eigenvalue weighted by Gasteiger charge is -2.09. The number of hydrogen-bond acceptors (Lipinski definition) is 6. The molecule has 0 aromatic carbocycles. The zero-order valence-electron chi connectivity index (χ0n) is 10.6. The van der Waals surface area contributed by atoms with Crippen LogP contribution in [0, 0.1) is 0 Å². The van der Waals surface area contributed by atoms with E-state index in [1.807, 2.05) is 0 Å². The molecule has 0 radical (unpaired) electrons. The first kappa shape index (κ1) is 15.3. The summed E-state index contributed by atoms with van der Waals surface area (Å²) in [6, 6.07) is -0.00218. The average Bonchev–Trinajstić information content (AvgIpc) is 2.34. The second-order valence-corrected chi connectivity index (χ2v) is 3.47. The van der Waals surface area contributed by atoms with E-state index in [0.717, 1.165) is 0 Å². The van der Waals surface area contributed by atoms with Crippen LogP contribution in [0.3, 0.4) is 0 Å². The number of nitrogens with one attached hydrogen (secondary N) is 1.